The molecule has 3 heteroatoms. The molecular weight excluding hydrogens is 322 g/mol. The molecule has 26 heavy (non-hydrogen) atoms. The summed E-state index contributed by atoms with van der Waals surface area (Å²) >= 11 is 0. The van der Waals surface area contributed by atoms with Gasteiger partial charge < -0.3 is 9.47 Å². The Morgan fingerprint density at radius 3 is 1.85 bits per heavy atom. The number of hydrogen-bond acceptors (Lipinski definition) is 3. The number of benzene rings is 2. The van der Waals surface area contributed by atoms with Gasteiger partial charge in [0, 0.05) is 12.4 Å². The Hall–Kier alpha value is -2.81. The zero-order valence-electron chi connectivity index (χ0n) is 15.2. The van der Waals surface area contributed by atoms with E-state index in [2.05, 4.69) is 36.2 Å². The molecule has 0 aliphatic rings. The molecule has 3 aromatic rings. The van der Waals surface area contributed by atoms with Crippen molar-refractivity contribution >= 4 is 0 Å². The van der Waals surface area contributed by atoms with E-state index in [4.69, 9.17) is 9.47 Å². The van der Waals surface area contributed by atoms with Crippen LogP contribution >= 0.6 is 0 Å². The van der Waals surface area contributed by atoms with Gasteiger partial charge in [-0.2, -0.15) is 0 Å². The monoisotopic (exact) mass is 347 g/mol. The molecule has 3 nitrogen and oxygen atoms in total. The van der Waals surface area contributed by atoms with Gasteiger partial charge >= 0.3 is 0 Å². The van der Waals surface area contributed by atoms with Gasteiger partial charge in [0.1, 0.15) is 17.2 Å². The summed E-state index contributed by atoms with van der Waals surface area (Å²) in [5, 5.41) is 0. The van der Waals surface area contributed by atoms with Crippen molar-refractivity contribution in [1.29, 1.82) is 0 Å². The predicted octanol–water partition coefficient (Wildman–Crippen LogP) is 6.50. The van der Waals surface area contributed by atoms with E-state index in [1.54, 1.807) is 12.4 Å². The van der Waals surface area contributed by atoms with Crippen molar-refractivity contribution in [2.75, 3.05) is 6.61 Å². The molecule has 0 atom stereocenters. The summed E-state index contributed by atoms with van der Waals surface area (Å²) in [6.45, 7) is 3.01. The fraction of sp³-hybridized carbons (Fsp3) is 0.261. The second kappa shape index (κ2) is 9.62. The van der Waals surface area contributed by atoms with E-state index in [1.165, 1.54) is 24.8 Å². The molecule has 0 saturated carbocycles. The molecule has 0 unspecified atom stereocenters. The fourth-order valence-electron chi connectivity index (χ4n) is 2.72. The second-order valence-corrected chi connectivity index (χ2v) is 6.24. The molecule has 0 fully saturated rings. The molecular formula is C23H25NO2. The van der Waals surface area contributed by atoms with Crippen molar-refractivity contribution in [3.63, 3.8) is 0 Å². The summed E-state index contributed by atoms with van der Waals surface area (Å²) in [5.41, 5.74) is 2.32. The molecule has 0 radical (unpaired) electrons. The Morgan fingerprint density at radius 2 is 1.23 bits per heavy atom. The largest absolute Gasteiger partial charge is 0.494 e. The predicted molar refractivity (Wildman–Crippen MR) is 106 cm³/mol. The first kappa shape index (κ1) is 18.0. The molecule has 3 rings (SSSR count). The molecule has 0 N–H and O–H groups in total. The second-order valence-electron chi connectivity index (χ2n) is 6.24. The molecule has 0 saturated heterocycles. The van der Waals surface area contributed by atoms with Crippen LogP contribution < -0.4 is 9.47 Å². The number of rotatable bonds is 9. The first-order chi connectivity index (χ1) is 12.8. The number of nitrogens with zero attached hydrogens (tertiary/aromatic N) is 1. The van der Waals surface area contributed by atoms with Crippen LogP contribution in [-0.4, -0.2) is 11.6 Å². The highest BCUT2D eigenvalue weighted by atomic mass is 16.5. The Morgan fingerprint density at radius 1 is 0.654 bits per heavy atom. The van der Waals surface area contributed by atoms with Crippen LogP contribution in [0.15, 0.2) is 73.1 Å². The van der Waals surface area contributed by atoms with Gasteiger partial charge in [0.2, 0.25) is 0 Å². The summed E-state index contributed by atoms with van der Waals surface area (Å²) in [6, 6.07) is 20.0. The van der Waals surface area contributed by atoms with Crippen LogP contribution in [-0.2, 0) is 0 Å². The lowest BCUT2D eigenvalue weighted by molar-refractivity contribution is 0.305. The topological polar surface area (TPSA) is 31.4 Å². The van der Waals surface area contributed by atoms with Crippen LogP contribution in [0.2, 0.25) is 0 Å². The molecule has 0 bridgehead atoms. The lowest BCUT2D eigenvalue weighted by atomic mass is 10.1. The summed E-state index contributed by atoms with van der Waals surface area (Å²) in [7, 11) is 0. The van der Waals surface area contributed by atoms with Gasteiger partial charge in [0.25, 0.3) is 0 Å². The summed E-state index contributed by atoms with van der Waals surface area (Å²) in [5.74, 6) is 2.53. The maximum absolute atomic E-state index is 5.80. The normalized spacial score (nSPS) is 10.5. The van der Waals surface area contributed by atoms with Gasteiger partial charge in [0.15, 0.2) is 0 Å². The highest BCUT2D eigenvalue weighted by Crippen LogP contribution is 2.26. The minimum absolute atomic E-state index is 0.785. The zero-order valence-corrected chi connectivity index (χ0v) is 15.2. The van der Waals surface area contributed by atoms with Crippen molar-refractivity contribution in [2.24, 2.45) is 0 Å². The highest BCUT2D eigenvalue weighted by Gasteiger charge is 2.01. The van der Waals surface area contributed by atoms with Gasteiger partial charge in [-0.05, 0) is 53.9 Å². The molecule has 0 aliphatic carbocycles. The average Bonchev–Trinajstić information content (AvgIpc) is 2.70. The van der Waals surface area contributed by atoms with Crippen LogP contribution in [0.3, 0.4) is 0 Å². The fourth-order valence-corrected chi connectivity index (χ4v) is 2.72. The van der Waals surface area contributed by atoms with Gasteiger partial charge in [-0.3, -0.25) is 4.98 Å². The van der Waals surface area contributed by atoms with Crippen LogP contribution in [0.4, 0.5) is 0 Å². The molecule has 2 aromatic carbocycles. The van der Waals surface area contributed by atoms with Crippen molar-refractivity contribution < 1.29 is 9.47 Å². The number of pyridine rings is 1. The first-order valence-corrected chi connectivity index (χ1v) is 9.26. The summed E-state index contributed by atoms with van der Waals surface area (Å²) in [4.78, 5) is 3.99. The van der Waals surface area contributed by atoms with Gasteiger partial charge in [0.05, 0.1) is 6.61 Å². The lowest BCUT2D eigenvalue weighted by Crippen LogP contribution is -1.96. The van der Waals surface area contributed by atoms with Crippen LogP contribution in [0.5, 0.6) is 17.2 Å². The Bertz CT molecular complexity index is 768. The average molecular weight is 347 g/mol. The molecule has 134 valence electrons. The smallest absolute Gasteiger partial charge is 0.130 e. The lowest BCUT2D eigenvalue weighted by Gasteiger charge is -2.09. The van der Waals surface area contributed by atoms with E-state index in [0.717, 1.165) is 35.8 Å². The number of aromatic nitrogens is 1. The third-order valence-electron chi connectivity index (χ3n) is 4.19. The summed E-state index contributed by atoms with van der Waals surface area (Å²) < 4.78 is 11.6. The third kappa shape index (κ3) is 5.35. The molecule has 1 heterocycles. The Balaban J connectivity index is 1.55. The Labute approximate surface area is 155 Å². The van der Waals surface area contributed by atoms with Crippen molar-refractivity contribution in [3.05, 3.63) is 73.1 Å². The van der Waals surface area contributed by atoms with Crippen LogP contribution in [0, 0.1) is 0 Å². The molecule has 0 aliphatic heterocycles. The van der Waals surface area contributed by atoms with Gasteiger partial charge in [-0.25, -0.2) is 0 Å². The quantitative estimate of drug-likeness (QED) is 0.414. The van der Waals surface area contributed by atoms with E-state index < -0.39 is 0 Å². The molecule has 0 amide bonds. The summed E-state index contributed by atoms with van der Waals surface area (Å²) in [6.07, 6.45) is 8.33. The van der Waals surface area contributed by atoms with Crippen LogP contribution in [0.1, 0.15) is 32.6 Å². The maximum Gasteiger partial charge on any atom is 0.130 e. The van der Waals surface area contributed by atoms with E-state index in [0.29, 0.717) is 0 Å². The number of hydrogen-bond donors (Lipinski definition) is 0. The Kier molecular flexibility index (Phi) is 6.66. The zero-order chi connectivity index (χ0) is 18.0. The number of unbranched alkanes of at least 4 members (excludes halogenated alkanes) is 3. The minimum Gasteiger partial charge on any atom is -0.494 e. The van der Waals surface area contributed by atoms with E-state index in [-0.39, 0.29) is 0 Å². The van der Waals surface area contributed by atoms with Crippen molar-refractivity contribution in [1.82, 2.24) is 4.98 Å². The van der Waals surface area contributed by atoms with Crippen molar-refractivity contribution in [2.45, 2.75) is 32.6 Å². The maximum atomic E-state index is 5.80. The number of ether oxygens (including phenoxy) is 2. The van der Waals surface area contributed by atoms with Gasteiger partial charge in [-0.1, -0.05) is 50.5 Å². The van der Waals surface area contributed by atoms with E-state index in [9.17, 15) is 0 Å². The third-order valence-corrected chi connectivity index (χ3v) is 4.19. The van der Waals surface area contributed by atoms with Crippen molar-refractivity contribution in [3.8, 4) is 28.4 Å². The molecule has 0 spiro atoms. The van der Waals surface area contributed by atoms with E-state index in [1.807, 2.05) is 36.4 Å². The van der Waals surface area contributed by atoms with E-state index >= 15 is 0 Å². The minimum atomic E-state index is 0.785. The SMILES string of the molecule is CCCCCCOc1ccc(-c2ccc(Oc3ccncc3)cc2)cc1. The first-order valence-electron chi connectivity index (χ1n) is 9.26. The molecule has 1 aromatic heterocycles. The van der Waals surface area contributed by atoms with Crippen LogP contribution in [0.25, 0.3) is 11.1 Å². The van der Waals surface area contributed by atoms with Gasteiger partial charge in [-0.15, -0.1) is 0 Å². The standard InChI is InChI=1S/C23H25NO2/c1-2-3-4-5-18-25-21-10-6-19(7-11-21)20-8-12-22(13-9-20)26-23-14-16-24-17-15-23/h6-17H,2-5,18H2,1H3. The highest BCUT2D eigenvalue weighted by molar-refractivity contribution is 5.65.